The van der Waals surface area contributed by atoms with Crippen molar-refractivity contribution in [3.8, 4) is 0 Å². The molecule has 1 aliphatic heterocycles. The van der Waals surface area contributed by atoms with Crippen molar-refractivity contribution in [1.82, 2.24) is 4.67 Å². The van der Waals surface area contributed by atoms with Crippen LogP contribution in [0.5, 0.6) is 0 Å². The number of β-lactam (4-membered cyclic amide) rings is 1. The Bertz CT molecular complexity index is 208. The number of hydrogen-bond donors (Lipinski definition) is 1. The first-order chi connectivity index (χ1) is 5.26. The number of ether oxygens (including phenoxy) is 1. The van der Waals surface area contributed by atoms with E-state index in [0.29, 0.717) is 6.29 Å². The van der Waals surface area contributed by atoms with E-state index in [9.17, 15) is 9.59 Å². The largest absolute Gasteiger partial charge is 0.369 e. The lowest BCUT2D eigenvalue weighted by molar-refractivity contribution is -0.160. The smallest absolute Gasteiger partial charge is 0.263 e. The molecule has 0 aromatic heterocycles. The molecule has 1 rings (SSSR count). The van der Waals surface area contributed by atoms with E-state index in [-0.39, 0.29) is 14.4 Å². The molecule has 1 amide bonds. The van der Waals surface area contributed by atoms with E-state index in [1.165, 1.54) is 7.11 Å². The van der Waals surface area contributed by atoms with E-state index in [0.717, 1.165) is 4.67 Å². The predicted molar refractivity (Wildman–Crippen MR) is 37.1 cm³/mol. The summed E-state index contributed by atoms with van der Waals surface area (Å²) in [6.07, 6.45) is -0.0396. The standard InChI is InChI=1S/C5H7N2O3P/c1-10-4-3(2-8)7(11-6)5(4)9/h2-4,6H,1H3/t3?,4-/m1/s1. The normalized spacial score (nSPS) is 30.3. The van der Waals surface area contributed by atoms with E-state index >= 15 is 0 Å². The maximum Gasteiger partial charge on any atom is 0.263 e. The van der Waals surface area contributed by atoms with Gasteiger partial charge in [0.1, 0.15) is 20.9 Å². The molecule has 1 aliphatic rings. The fraction of sp³-hybridized carbons (Fsp3) is 0.600. The topological polar surface area (TPSA) is 70.5 Å². The molecule has 0 spiro atoms. The van der Waals surface area contributed by atoms with Crippen LogP contribution in [0.2, 0.25) is 0 Å². The number of amides is 1. The lowest BCUT2D eigenvalue weighted by atomic mass is 10.0. The number of carbonyl (C=O) groups is 2. The van der Waals surface area contributed by atoms with Gasteiger partial charge in [-0.2, -0.15) is 0 Å². The number of rotatable bonds is 3. The van der Waals surface area contributed by atoms with Crippen LogP contribution in [0.1, 0.15) is 0 Å². The van der Waals surface area contributed by atoms with Crippen LogP contribution in [0.25, 0.3) is 0 Å². The van der Waals surface area contributed by atoms with Gasteiger partial charge in [0, 0.05) is 7.11 Å². The maximum absolute atomic E-state index is 10.9. The molecule has 11 heavy (non-hydrogen) atoms. The SMILES string of the molecule is CO[C@H]1C(=O)N(P=N)C1C=O. The number of nitrogens with zero attached hydrogens (tertiary/aromatic N) is 1. The van der Waals surface area contributed by atoms with E-state index in [1.807, 2.05) is 0 Å². The highest BCUT2D eigenvalue weighted by atomic mass is 31.1. The lowest BCUT2D eigenvalue weighted by Gasteiger charge is -2.38. The molecule has 1 unspecified atom stereocenters. The minimum Gasteiger partial charge on any atom is -0.369 e. The van der Waals surface area contributed by atoms with Gasteiger partial charge in [-0.3, -0.25) is 14.6 Å². The molecule has 5 nitrogen and oxygen atoms in total. The first-order valence-electron chi connectivity index (χ1n) is 2.94. The Balaban J connectivity index is 2.68. The summed E-state index contributed by atoms with van der Waals surface area (Å²) in [7, 11) is 1.42. The van der Waals surface area contributed by atoms with Crippen LogP contribution < -0.4 is 0 Å². The fourth-order valence-corrected chi connectivity index (χ4v) is 1.48. The number of aldehydes is 1. The monoisotopic (exact) mass is 174 g/mol. The zero-order valence-electron chi connectivity index (χ0n) is 5.85. The summed E-state index contributed by atoms with van der Waals surface area (Å²) in [4.78, 5) is 21.2. The van der Waals surface area contributed by atoms with Gasteiger partial charge in [-0.25, -0.2) is 0 Å². The number of hydrogen-bond acceptors (Lipinski definition) is 4. The maximum atomic E-state index is 10.9. The minimum atomic E-state index is -0.662. The highest BCUT2D eigenvalue weighted by Crippen LogP contribution is 2.27. The zero-order valence-corrected chi connectivity index (χ0v) is 6.75. The van der Waals surface area contributed by atoms with Crippen molar-refractivity contribution in [3.63, 3.8) is 0 Å². The molecule has 1 saturated heterocycles. The summed E-state index contributed by atoms with van der Waals surface area (Å²) in [6.45, 7) is 0. The predicted octanol–water partition coefficient (Wildman–Crippen LogP) is 0.0347. The third-order valence-electron chi connectivity index (χ3n) is 1.56. The summed E-state index contributed by atoms with van der Waals surface area (Å²) >= 11 is 0. The number of nitrogens with one attached hydrogen (secondary N) is 1. The Morgan fingerprint density at radius 2 is 2.45 bits per heavy atom. The molecule has 1 fully saturated rings. The summed E-state index contributed by atoms with van der Waals surface area (Å²) in [5.41, 5.74) is 0. The molecule has 60 valence electrons. The molecule has 1 heterocycles. The van der Waals surface area contributed by atoms with Crippen molar-refractivity contribution in [2.75, 3.05) is 7.11 Å². The molecule has 0 aliphatic carbocycles. The lowest BCUT2D eigenvalue weighted by Crippen LogP contribution is -2.61. The van der Waals surface area contributed by atoms with Crippen LogP contribution in [-0.2, 0) is 14.3 Å². The van der Waals surface area contributed by atoms with Gasteiger partial charge in [0.05, 0.1) is 0 Å². The highest BCUT2D eigenvalue weighted by Gasteiger charge is 2.47. The van der Waals surface area contributed by atoms with Crippen molar-refractivity contribution < 1.29 is 14.3 Å². The van der Waals surface area contributed by atoms with Gasteiger partial charge in [0.2, 0.25) is 0 Å². The van der Waals surface area contributed by atoms with Crippen LogP contribution in [-0.4, -0.2) is 36.1 Å². The van der Waals surface area contributed by atoms with Crippen molar-refractivity contribution in [3.05, 3.63) is 0 Å². The van der Waals surface area contributed by atoms with Gasteiger partial charge in [-0.05, 0) is 0 Å². The molecule has 2 atom stereocenters. The first-order valence-corrected chi connectivity index (χ1v) is 3.79. The van der Waals surface area contributed by atoms with E-state index in [2.05, 4.69) is 0 Å². The summed E-state index contributed by atoms with van der Waals surface area (Å²) in [5, 5.41) is 6.85. The van der Waals surface area contributed by atoms with Crippen molar-refractivity contribution in [2.24, 2.45) is 0 Å². The Hall–Kier alpha value is -0.800. The van der Waals surface area contributed by atoms with Crippen LogP contribution in [0.15, 0.2) is 0 Å². The van der Waals surface area contributed by atoms with Crippen molar-refractivity contribution >= 4 is 20.7 Å². The van der Waals surface area contributed by atoms with Gasteiger partial charge >= 0.3 is 0 Å². The van der Waals surface area contributed by atoms with Crippen molar-refractivity contribution in [2.45, 2.75) is 12.1 Å². The minimum absolute atomic E-state index is 0.0457. The molecule has 6 heteroatoms. The Kier molecular flexibility index (Phi) is 2.31. The van der Waals surface area contributed by atoms with Gasteiger partial charge in [-0.15, -0.1) is 0 Å². The van der Waals surface area contributed by atoms with Crippen LogP contribution >= 0.6 is 8.52 Å². The number of carbonyl (C=O) groups excluding carboxylic acids is 2. The summed E-state index contributed by atoms with van der Waals surface area (Å²) in [5.74, 6) is -0.290. The molecule has 0 saturated carbocycles. The van der Waals surface area contributed by atoms with E-state index in [4.69, 9.17) is 9.90 Å². The Morgan fingerprint density at radius 1 is 1.82 bits per heavy atom. The quantitative estimate of drug-likeness (QED) is 0.373. The molecule has 1 N–H and O–H groups in total. The van der Waals surface area contributed by atoms with Crippen LogP contribution in [0.4, 0.5) is 0 Å². The second-order valence-corrected chi connectivity index (χ2v) is 2.70. The fourth-order valence-electron chi connectivity index (χ4n) is 0.955. The third kappa shape index (κ3) is 1.06. The molecule has 0 aromatic carbocycles. The average Bonchev–Trinajstić information content (AvgIpc) is 2.01. The summed E-state index contributed by atoms with van der Waals surface area (Å²) in [6, 6.07) is -0.563. The van der Waals surface area contributed by atoms with E-state index < -0.39 is 12.1 Å². The Labute approximate surface area is 65.1 Å². The summed E-state index contributed by atoms with van der Waals surface area (Å²) < 4.78 is 5.85. The average molecular weight is 174 g/mol. The van der Waals surface area contributed by atoms with Gasteiger partial charge in [-0.1, -0.05) is 0 Å². The molecular weight excluding hydrogens is 167 g/mol. The van der Waals surface area contributed by atoms with Crippen molar-refractivity contribution in [1.29, 1.82) is 5.16 Å². The first kappa shape index (κ1) is 8.30. The highest BCUT2D eigenvalue weighted by molar-refractivity contribution is 7.23. The van der Waals surface area contributed by atoms with E-state index in [1.54, 1.807) is 0 Å². The van der Waals surface area contributed by atoms with Crippen LogP contribution in [0.3, 0.4) is 0 Å². The molecular formula is C5H7N2O3P. The van der Waals surface area contributed by atoms with Crippen LogP contribution in [0, 0.1) is 5.16 Å². The third-order valence-corrected chi connectivity index (χ3v) is 2.24. The van der Waals surface area contributed by atoms with Gasteiger partial charge in [0.25, 0.3) is 5.91 Å². The van der Waals surface area contributed by atoms with Gasteiger partial charge < -0.3 is 9.53 Å². The zero-order chi connectivity index (χ0) is 8.43. The van der Waals surface area contributed by atoms with Gasteiger partial charge in [0.15, 0.2) is 6.10 Å². The Morgan fingerprint density at radius 3 is 2.82 bits per heavy atom. The molecule has 0 bridgehead atoms. The second-order valence-electron chi connectivity index (χ2n) is 2.07. The number of methoxy groups -OCH3 is 1. The molecule has 0 aromatic rings. The molecule has 0 radical (unpaired) electrons. The second kappa shape index (κ2) is 3.07.